The summed E-state index contributed by atoms with van der Waals surface area (Å²) in [6.45, 7) is 0. The van der Waals surface area contributed by atoms with E-state index in [9.17, 15) is 4.57 Å². The van der Waals surface area contributed by atoms with Crippen LogP contribution in [0.5, 0.6) is 0 Å². The molecule has 2 aliphatic rings. The zero-order chi connectivity index (χ0) is 74.9. The molecule has 17 aromatic carbocycles. The van der Waals surface area contributed by atoms with Crippen molar-refractivity contribution in [1.82, 2.24) is 18.8 Å². The molecule has 0 bridgehead atoms. The number of para-hydroxylation sites is 4. The van der Waals surface area contributed by atoms with Crippen molar-refractivity contribution in [3.63, 3.8) is 0 Å². The Morgan fingerprint density at radius 1 is 0.204 bits per heavy atom. The molecule has 0 unspecified atom stereocenters. The summed E-state index contributed by atoms with van der Waals surface area (Å²) in [4.78, 5) is 10.1. The molecule has 4 aromatic heterocycles. The van der Waals surface area contributed by atoms with Gasteiger partial charge in [-0.25, -0.2) is 9.97 Å². The van der Waals surface area contributed by atoms with E-state index in [0.717, 1.165) is 132 Å². The van der Waals surface area contributed by atoms with Crippen molar-refractivity contribution in [2.75, 3.05) is 0 Å². The molecular weight excluding hydrogens is 1410 g/mol. The molecule has 0 fully saturated rings. The molecule has 0 N–H and O–H groups in total. The van der Waals surface area contributed by atoms with Crippen LogP contribution in [-0.2, 0) is 14.5 Å². The average molecular weight is 1480 g/mol. The van der Waals surface area contributed by atoms with Crippen molar-refractivity contribution in [1.29, 1.82) is 0 Å². The van der Waals surface area contributed by atoms with Crippen molar-refractivity contribution in [2.24, 2.45) is 0 Å². The normalized spacial score (nSPS) is 12.7. The Bertz CT molecular complexity index is 7410. The van der Waals surface area contributed by atoms with Crippen LogP contribution >= 0.6 is 14.3 Å². The highest BCUT2D eigenvalue weighted by Gasteiger charge is 2.52. The third-order valence-electron chi connectivity index (χ3n) is 23.7. The first-order chi connectivity index (χ1) is 55.8. The lowest BCUT2D eigenvalue weighted by Crippen LogP contribution is -2.29. The summed E-state index contributed by atoms with van der Waals surface area (Å²) in [6, 6.07) is 145. The summed E-state index contributed by atoms with van der Waals surface area (Å²) < 4.78 is 35.4. The molecule has 113 heavy (non-hydrogen) atoms. The van der Waals surface area contributed by atoms with E-state index in [0.29, 0.717) is 0 Å². The molecule has 0 radical (unpaired) electrons. The van der Waals surface area contributed by atoms with Crippen LogP contribution in [0.15, 0.2) is 413 Å². The molecule has 23 rings (SSSR count). The predicted octanol–water partition coefficient (Wildman–Crippen LogP) is 23.9. The van der Waals surface area contributed by atoms with Crippen molar-refractivity contribution >= 4 is 123 Å². The molecule has 4 heterocycles. The van der Waals surface area contributed by atoms with Crippen molar-refractivity contribution in [2.45, 2.75) is 5.41 Å². The van der Waals surface area contributed by atoms with Gasteiger partial charge in [0.1, 0.15) is 11.3 Å². The largest absolute Gasteiger partial charge is 0.309 e. The highest BCUT2D eigenvalue weighted by atomic mass is 31.2. The fourth-order valence-corrected chi connectivity index (χ4v) is 23.8. The molecule has 0 saturated carbocycles. The van der Waals surface area contributed by atoms with Gasteiger partial charge >= 0.3 is 0 Å². The standard InChI is InChI=1S/C62H39N2OP.C43H29N2OP/c65-66(44-15-3-1-4-16-44,45-17-5-2-6-18-45)46-33-36-51-50-34-31-42(37-56(50)62(57(51)39-46)54-23-11-9-20-48(54)49-21-10-12-24-55(49)62)40-27-29-41(30-28-40)43-32-35-52-47-19-7-8-22-53(47)61-63-58-25-13-14-26-59(58)64(61)60(52)38-43;46-47(34-14-3-1-4-15-34,35-16-5-2-6-17-35)36-25-22-30(23-26-36)31-12-11-13-32(28-31)33-24-27-41-39(29-33)37-18-7-8-19-38(37)43-44-40-20-9-10-21-42(40)45(41)43/h1-39H;1-29H. The highest BCUT2D eigenvalue weighted by Crippen LogP contribution is 2.64. The summed E-state index contributed by atoms with van der Waals surface area (Å²) in [6.07, 6.45) is 0. The summed E-state index contributed by atoms with van der Waals surface area (Å²) in [5.74, 6) is 0. The number of aromatic nitrogens is 4. The van der Waals surface area contributed by atoms with Crippen LogP contribution in [0.25, 0.3) is 143 Å². The van der Waals surface area contributed by atoms with Crippen LogP contribution in [0.1, 0.15) is 22.3 Å². The van der Waals surface area contributed by atoms with Crippen molar-refractivity contribution < 1.29 is 9.13 Å². The second-order valence-electron chi connectivity index (χ2n) is 29.7. The van der Waals surface area contributed by atoms with Gasteiger partial charge in [-0.3, -0.25) is 8.80 Å². The maximum atomic E-state index is 16.0. The van der Waals surface area contributed by atoms with Gasteiger partial charge < -0.3 is 9.13 Å². The molecule has 0 atom stereocenters. The first kappa shape index (κ1) is 66.2. The van der Waals surface area contributed by atoms with E-state index in [4.69, 9.17) is 9.97 Å². The quantitative estimate of drug-likeness (QED) is 0.101. The molecule has 530 valence electrons. The Hall–Kier alpha value is -13.9. The number of pyridine rings is 2. The summed E-state index contributed by atoms with van der Waals surface area (Å²) in [7, 11) is -6.29. The molecule has 21 aromatic rings. The summed E-state index contributed by atoms with van der Waals surface area (Å²) in [5.41, 5.74) is 26.8. The summed E-state index contributed by atoms with van der Waals surface area (Å²) >= 11 is 0. The first-order valence-corrected chi connectivity index (χ1v) is 41.9. The van der Waals surface area contributed by atoms with Crippen LogP contribution in [-0.4, -0.2) is 18.8 Å². The van der Waals surface area contributed by atoms with Crippen LogP contribution < -0.4 is 31.8 Å². The van der Waals surface area contributed by atoms with E-state index >= 15 is 4.57 Å². The molecule has 6 nitrogen and oxygen atoms in total. The predicted molar refractivity (Wildman–Crippen MR) is 472 cm³/mol. The third kappa shape index (κ3) is 10.2. The van der Waals surface area contributed by atoms with Crippen LogP contribution in [0, 0.1) is 0 Å². The maximum absolute atomic E-state index is 16.0. The van der Waals surface area contributed by atoms with Crippen LogP contribution in [0.2, 0.25) is 0 Å². The lowest BCUT2D eigenvalue weighted by atomic mass is 9.70. The highest BCUT2D eigenvalue weighted by molar-refractivity contribution is 7.85. The second kappa shape index (κ2) is 26.2. The minimum absolute atomic E-state index is 0.611. The summed E-state index contributed by atoms with van der Waals surface area (Å²) in [5, 5.41) is 12.1. The molecule has 2 aliphatic carbocycles. The molecule has 0 aliphatic heterocycles. The number of hydrogen-bond donors (Lipinski definition) is 0. The van der Waals surface area contributed by atoms with Gasteiger partial charge in [0, 0.05) is 53.4 Å². The lowest BCUT2D eigenvalue weighted by Gasteiger charge is -2.31. The second-order valence-corrected chi connectivity index (χ2v) is 35.2. The molecule has 0 saturated heterocycles. The Balaban J connectivity index is 0.000000146. The number of nitrogens with zero attached hydrogens (tertiary/aromatic N) is 4. The van der Waals surface area contributed by atoms with Crippen LogP contribution in [0.3, 0.4) is 0 Å². The molecule has 0 amide bonds. The van der Waals surface area contributed by atoms with Gasteiger partial charge in [-0.05, 0) is 160 Å². The Kier molecular flexibility index (Phi) is 15.3. The fraction of sp³-hybridized carbons (Fsp3) is 0.00952. The number of rotatable bonds is 10. The molecule has 8 heteroatoms. The van der Waals surface area contributed by atoms with Gasteiger partial charge in [0.05, 0.1) is 38.5 Å². The van der Waals surface area contributed by atoms with Crippen molar-refractivity contribution in [3.05, 3.63) is 435 Å². The van der Waals surface area contributed by atoms with E-state index in [1.165, 1.54) is 66.1 Å². The lowest BCUT2D eigenvalue weighted by molar-refractivity contribution is 0.591. The average Bonchev–Trinajstić information content (AvgIpc) is 1.50. The van der Waals surface area contributed by atoms with E-state index in [1.54, 1.807) is 0 Å². The zero-order valence-corrected chi connectivity index (χ0v) is 63.0. The van der Waals surface area contributed by atoms with E-state index < -0.39 is 19.7 Å². The Morgan fingerprint density at radius 2 is 0.558 bits per heavy atom. The van der Waals surface area contributed by atoms with Gasteiger partial charge in [0.25, 0.3) is 0 Å². The zero-order valence-electron chi connectivity index (χ0n) is 61.3. The number of imidazole rings is 2. The first-order valence-electron chi connectivity index (χ1n) is 38.5. The van der Waals surface area contributed by atoms with E-state index in [1.807, 2.05) is 140 Å². The number of fused-ring (bicyclic) bond motifs is 26. The molecule has 1 spiro atoms. The van der Waals surface area contributed by atoms with Gasteiger partial charge in [0.2, 0.25) is 0 Å². The Labute approximate surface area is 653 Å². The number of benzene rings is 17. The van der Waals surface area contributed by atoms with Crippen LogP contribution in [0.4, 0.5) is 0 Å². The third-order valence-corrected chi connectivity index (χ3v) is 29.9. The maximum Gasteiger partial charge on any atom is 0.171 e. The van der Waals surface area contributed by atoms with Gasteiger partial charge in [0.15, 0.2) is 14.3 Å². The molecular formula is C105H68N4O2P2. The monoisotopic (exact) mass is 1480 g/mol. The number of hydrogen-bond acceptors (Lipinski definition) is 4. The van der Waals surface area contributed by atoms with E-state index in [2.05, 4.69) is 282 Å². The topological polar surface area (TPSA) is 68.7 Å². The smallest absolute Gasteiger partial charge is 0.171 e. The minimum atomic E-state index is -3.27. The minimum Gasteiger partial charge on any atom is -0.309 e. The Morgan fingerprint density at radius 3 is 1.11 bits per heavy atom. The van der Waals surface area contributed by atoms with E-state index in [-0.39, 0.29) is 0 Å². The van der Waals surface area contributed by atoms with Gasteiger partial charge in [-0.1, -0.05) is 352 Å². The van der Waals surface area contributed by atoms with Gasteiger partial charge in [-0.15, -0.1) is 0 Å². The fourth-order valence-electron chi connectivity index (χ4n) is 18.5. The van der Waals surface area contributed by atoms with Crippen molar-refractivity contribution in [3.8, 4) is 66.8 Å². The SMILES string of the molecule is O=P(c1ccccc1)(c1ccccc1)c1ccc(-c2cccc(-c3ccc4c(c3)c3ccccc3c3nc5ccccc5n43)c2)cc1.O=P(c1ccccc1)(c1ccccc1)c1ccc2c(c1)C1(c3ccccc3-c3ccccc31)c1cc(-c3ccc(-c4ccc5c6ccccc6c6nc7ccccc7n6c5c4)cc3)ccc1-2. The van der Waals surface area contributed by atoms with Gasteiger partial charge in [-0.2, -0.15) is 0 Å².